The Labute approximate surface area is 196 Å². The first-order valence-corrected chi connectivity index (χ1v) is 12.0. The molecule has 0 fully saturated rings. The minimum absolute atomic E-state index is 0.0415. The van der Waals surface area contributed by atoms with E-state index in [0.717, 1.165) is 5.56 Å². The molecular weight excluding hydrogens is 458 g/mol. The third-order valence-corrected chi connectivity index (χ3v) is 6.10. The van der Waals surface area contributed by atoms with Gasteiger partial charge in [0.05, 0.1) is 4.90 Å². The van der Waals surface area contributed by atoms with Crippen molar-refractivity contribution in [2.24, 2.45) is 5.14 Å². The summed E-state index contributed by atoms with van der Waals surface area (Å²) >= 11 is 0. The van der Waals surface area contributed by atoms with Crippen molar-refractivity contribution in [3.63, 3.8) is 0 Å². The number of hydrogen-bond donors (Lipinski definition) is 3. The number of rotatable bonds is 7. The molecule has 0 spiro atoms. The number of hydrogen-bond acceptors (Lipinski definition) is 6. The smallest absolute Gasteiger partial charge is 0.269 e. The van der Waals surface area contributed by atoms with Gasteiger partial charge >= 0.3 is 0 Å². The summed E-state index contributed by atoms with van der Waals surface area (Å²) in [5.74, 6) is 0.503. The maximum absolute atomic E-state index is 12.5. The van der Waals surface area contributed by atoms with E-state index in [9.17, 15) is 18.0 Å². The van der Waals surface area contributed by atoms with Crippen LogP contribution in [0.4, 0.5) is 5.69 Å². The zero-order valence-corrected chi connectivity index (χ0v) is 18.9. The highest BCUT2D eigenvalue weighted by molar-refractivity contribution is 7.89. The van der Waals surface area contributed by atoms with Crippen LogP contribution in [0, 0.1) is 0 Å². The number of ether oxygens (including phenoxy) is 2. The van der Waals surface area contributed by atoms with Crippen molar-refractivity contribution >= 4 is 27.5 Å². The standard InChI is InChI=1S/C24H23N3O6S/c25-34(30,31)19-11-5-16(6-12-19)13-14-26-23(28)17-7-9-18(10-8-17)27-24(29)22-15-32-20-3-1-2-4-21(20)33-22/h1-12,22H,13-15H2,(H,26,28)(H,27,29)(H2,25,30,31)/t22-/m0/s1. The van der Waals surface area contributed by atoms with Crippen LogP contribution in [-0.4, -0.2) is 39.5 Å². The molecule has 1 atom stereocenters. The van der Waals surface area contributed by atoms with Gasteiger partial charge < -0.3 is 20.1 Å². The molecule has 10 heteroatoms. The van der Waals surface area contributed by atoms with E-state index in [0.29, 0.717) is 35.7 Å². The van der Waals surface area contributed by atoms with E-state index >= 15 is 0 Å². The molecule has 3 aromatic carbocycles. The number of primary sulfonamides is 1. The molecule has 34 heavy (non-hydrogen) atoms. The largest absolute Gasteiger partial charge is 0.485 e. The maximum Gasteiger partial charge on any atom is 0.269 e. The lowest BCUT2D eigenvalue weighted by atomic mass is 10.1. The van der Waals surface area contributed by atoms with E-state index in [1.54, 1.807) is 54.6 Å². The monoisotopic (exact) mass is 481 g/mol. The highest BCUT2D eigenvalue weighted by Crippen LogP contribution is 2.31. The molecule has 0 aromatic heterocycles. The van der Waals surface area contributed by atoms with Crippen molar-refractivity contribution in [2.45, 2.75) is 17.4 Å². The van der Waals surface area contributed by atoms with Crippen molar-refractivity contribution in [1.29, 1.82) is 0 Å². The molecule has 3 aromatic rings. The van der Waals surface area contributed by atoms with Gasteiger partial charge in [-0.3, -0.25) is 9.59 Å². The number of nitrogens with two attached hydrogens (primary N) is 1. The molecular formula is C24H23N3O6S. The zero-order valence-electron chi connectivity index (χ0n) is 18.1. The van der Waals surface area contributed by atoms with Gasteiger partial charge in [-0.25, -0.2) is 13.6 Å². The van der Waals surface area contributed by atoms with Gasteiger partial charge in [0, 0.05) is 17.8 Å². The quantitative estimate of drug-likeness (QED) is 0.473. The first-order valence-electron chi connectivity index (χ1n) is 10.5. The van der Waals surface area contributed by atoms with E-state index in [2.05, 4.69) is 10.6 Å². The van der Waals surface area contributed by atoms with Crippen LogP contribution >= 0.6 is 0 Å². The van der Waals surface area contributed by atoms with Crippen LogP contribution in [-0.2, 0) is 21.2 Å². The molecule has 0 saturated carbocycles. The average Bonchev–Trinajstić information content (AvgIpc) is 2.84. The number of carbonyl (C=O) groups excluding carboxylic acids is 2. The lowest BCUT2D eigenvalue weighted by Gasteiger charge is -2.25. The van der Waals surface area contributed by atoms with E-state index < -0.39 is 16.1 Å². The second kappa shape index (κ2) is 9.94. The van der Waals surface area contributed by atoms with Gasteiger partial charge in [-0.1, -0.05) is 24.3 Å². The first-order chi connectivity index (χ1) is 16.3. The third kappa shape index (κ3) is 5.72. The van der Waals surface area contributed by atoms with Crippen molar-refractivity contribution in [2.75, 3.05) is 18.5 Å². The molecule has 4 rings (SSSR count). The summed E-state index contributed by atoms with van der Waals surface area (Å²) in [6, 6.07) is 19.8. The van der Waals surface area contributed by atoms with Gasteiger partial charge in [0.1, 0.15) is 6.61 Å². The van der Waals surface area contributed by atoms with Crippen molar-refractivity contribution in [3.05, 3.63) is 83.9 Å². The van der Waals surface area contributed by atoms with E-state index in [-0.39, 0.29) is 23.3 Å². The Bertz CT molecular complexity index is 1290. The Morgan fingerprint density at radius 1 is 0.941 bits per heavy atom. The predicted octanol–water partition coefficient (Wildman–Crippen LogP) is 2.08. The number of carbonyl (C=O) groups is 2. The van der Waals surface area contributed by atoms with Gasteiger partial charge in [0.2, 0.25) is 16.1 Å². The zero-order chi connectivity index (χ0) is 24.1. The van der Waals surface area contributed by atoms with Gasteiger partial charge in [-0.2, -0.15) is 0 Å². The Morgan fingerprint density at radius 3 is 2.29 bits per heavy atom. The Balaban J connectivity index is 1.26. The minimum atomic E-state index is -3.73. The summed E-state index contributed by atoms with van der Waals surface area (Å²) < 4.78 is 33.9. The van der Waals surface area contributed by atoms with Crippen molar-refractivity contribution < 1.29 is 27.5 Å². The summed E-state index contributed by atoms with van der Waals surface area (Å²) in [5, 5.41) is 10.7. The second-order valence-corrected chi connectivity index (χ2v) is 9.19. The summed E-state index contributed by atoms with van der Waals surface area (Å²) in [6.45, 7) is 0.473. The van der Waals surface area contributed by atoms with Crippen LogP contribution in [0.5, 0.6) is 11.5 Å². The Morgan fingerprint density at radius 2 is 1.62 bits per heavy atom. The number of para-hydroxylation sites is 2. The van der Waals surface area contributed by atoms with Crippen molar-refractivity contribution in [3.8, 4) is 11.5 Å². The summed E-state index contributed by atoms with van der Waals surface area (Å²) in [7, 11) is -3.73. The molecule has 4 N–H and O–H groups in total. The van der Waals surface area contributed by atoms with Crippen LogP contribution in [0.15, 0.2) is 77.7 Å². The highest BCUT2D eigenvalue weighted by Gasteiger charge is 2.27. The molecule has 9 nitrogen and oxygen atoms in total. The third-order valence-electron chi connectivity index (χ3n) is 5.17. The fourth-order valence-corrected chi connectivity index (χ4v) is 3.86. The number of sulfonamides is 1. The SMILES string of the molecule is NS(=O)(=O)c1ccc(CCNC(=O)c2ccc(NC(=O)[C@@H]3COc4ccccc4O3)cc2)cc1. The topological polar surface area (TPSA) is 137 Å². The fourth-order valence-electron chi connectivity index (χ4n) is 3.34. The molecule has 0 bridgehead atoms. The summed E-state index contributed by atoms with van der Waals surface area (Å²) in [4.78, 5) is 24.9. The molecule has 1 heterocycles. The highest BCUT2D eigenvalue weighted by atomic mass is 32.2. The Hall–Kier alpha value is -3.89. The Kier molecular flexibility index (Phi) is 6.80. The molecule has 1 aliphatic rings. The maximum atomic E-state index is 12.5. The van der Waals surface area contributed by atoms with Gasteiger partial charge in [-0.05, 0) is 60.5 Å². The lowest BCUT2D eigenvalue weighted by molar-refractivity contribution is -0.125. The number of nitrogens with one attached hydrogen (secondary N) is 2. The average molecular weight is 482 g/mol. The van der Waals surface area contributed by atoms with Gasteiger partial charge in [-0.15, -0.1) is 0 Å². The van der Waals surface area contributed by atoms with E-state index in [4.69, 9.17) is 14.6 Å². The molecule has 0 aliphatic carbocycles. The van der Waals surface area contributed by atoms with E-state index in [1.165, 1.54) is 12.1 Å². The molecule has 2 amide bonds. The minimum Gasteiger partial charge on any atom is -0.485 e. The van der Waals surface area contributed by atoms with Gasteiger partial charge in [0.25, 0.3) is 11.8 Å². The molecule has 0 saturated heterocycles. The molecule has 1 aliphatic heterocycles. The molecule has 0 radical (unpaired) electrons. The van der Waals surface area contributed by atoms with Crippen LogP contribution in [0.1, 0.15) is 15.9 Å². The molecule has 0 unspecified atom stereocenters. The van der Waals surface area contributed by atoms with Crippen molar-refractivity contribution in [1.82, 2.24) is 5.32 Å². The lowest BCUT2D eigenvalue weighted by Crippen LogP contribution is -2.40. The second-order valence-electron chi connectivity index (χ2n) is 7.63. The normalized spacial score (nSPS) is 14.8. The predicted molar refractivity (Wildman–Crippen MR) is 125 cm³/mol. The first kappa shape index (κ1) is 23.3. The van der Waals surface area contributed by atoms with Gasteiger partial charge in [0.15, 0.2) is 11.5 Å². The number of anilines is 1. The van der Waals surface area contributed by atoms with E-state index in [1.807, 2.05) is 6.07 Å². The summed E-state index contributed by atoms with van der Waals surface area (Å²) in [5.41, 5.74) is 1.83. The number of amides is 2. The number of benzene rings is 3. The van der Waals surface area contributed by atoms with Crippen LogP contribution < -0.4 is 25.2 Å². The van der Waals surface area contributed by atoms with Crippen LogP contribution in [0.3, 0.4) is 0 Å². The fraction of sp³-hybridized carbons (Fsp3) is 0.167. The number of fused-ring (bicyclic) bond motifs is 1. The molecule has 176 valence electrons. The van der Waals surface area contributed by atoms with Crippen LogP contribution in [0.2, 0.25) is 0 Å². The van der Waals surface area contributed by atoms with Crippen LogP contribution in [0.25, 0.3) is 0 Å². The summed E-state index contributed by atoms with van der Waals surface area (Å²) in [6.07, 6.45) is -0.255.